The molecule has 1 N–H and O–H groups in total. The third-order valence-corrected chi connectivity index (χ3v) is 2.79. The van der Waals surface area contributed by atoms with E-state index >= 15 is 0 Å². The van der Waals surface area contributed by atoms with Gasteiger partial charge in [0.2, 0.25) is 5.91 Å². The zero-order chi connectivity index (χ0) is 15.2. The molecule has 0 aliphatic carbocycles. The van der Waals surface area contributed by atoms with Crippen LogP contribution in [0.5, 0.6) is 11.5 Å². The molecule has 108 valence electrons. The molecule has 0 radical (unpaired) electrons. The first kappa shape index (κ1) is 14.8. The van der Waals surface area contributed by atoms with Crippen LogP contribution in [-0.4, -0.2) is 16.7 Å². The number of anilines is 1. The van der Waals surface area contributed by atoms with Crippen molar-refractivity contribution < 1.29 is 14.5 Å². The van der Waals surface area contributed by atoms with Crippen molar-refractivity contribution in [2.45, 2.75) is 0 Å². The Kier molecular flexibility index (Phi) is 4.73. The fourth-order valence-electron chi connectivity index (χ4n) is 1.57. The average Bonchev–Trinajstić information content (AvgIpc) is 2.49. The van der Waals surface area contributed by atoms with E-state index in [0.29, 0.717) is 17.2 Å². The third-order valence-electron chi connectivity index (χ3n) is 2.54. The first-order valence-corrected chi connectivity index (χ1v) is 6.50. The fourth-order valence-corrected chi connectivity index (χ4v) is 1.64. The van der Waals surface area contributed by atoms with E-state index in [1.807, 2.05) is 0 Å². The summed E-state index contributed by atoms with van der Waals surface area (Å²) in [6.45, 7) is 0. The maximum absolute atomic E-state index is 11.1. The fraction of sp³-hybridized carbons (Fsp3) is 0.0714. The van der Waals surface area contributed by atoms with Crippen molar-refractivity contribution in [3.63, 3.8) is 0 Å². The lowest BCUT2D eigenvalue weighted by molar-refractivity contribution is -0.384. The number of rotatable bonds is 5. The zero-order valence-corrected chi connectivity index (χ0v) is 11.5. The van der Waals surface area contributed by atoms with Crippen LogP contribution >= 0.6 is 11.6 Å². The van der Waals surface area contributed by atoms with Gasteiger partial charge in [0.05, 0.1) is 4.92 Å². The van der Waals surface area contributed by atoms with Gasteiger partial charge >= 0.3 is 0 Å². The van der Waals surface area contributed by atoms with Gasteiger partial charge in [-0.3, -0.25) is 14.9 Å². The van der Waals surface area contributed by atoms with Crippen LogP contribution in [0.4, 0.5) is 11.4 Å². The molecule has 0 aromatic heterocycles. The molecule has 0 saturated carbocycles. The number of ether oxygens (including phenoxy) is 1. The van der Waals surface area contributed by atoms with Crippen LogP contribution in [0.15, 0.2) is 48.5 Å². The van der Waals surface area contributed by atoms with E-state index in [-0.39, 0.29) is 17.5 Å². The van der Waals surface area contributed by atoms with Crippen molar-refractivity contribution in [1.82, 2.24) is 0 Å². The molecular formula is C14H11ClN2O4. The predicted octanol–water partition coefficient (Wildman–Crippen LogP) is 3.56. The molecule has 2 rings (SSSR count). The number of hydrogen-bond donors (Lipinski definition) is 1. The zero-order valence-electron chi connectivity index (χ0n) is 10.8. The quantitative estimate of drug-likeness (QED) is 0.520. The molecule has 2 aromatic carbocycles. The van der Waals surface area contributed by atoms with Gasteiger partial charge < -0.3 is 10.1 Å². The highest BCUT2D eigenvalue weighted by Crippen LogP contribution is 2.24. The van der Waals surface area contributed by atoms with Crippen molar-refractivity contribution in [3.05, 3.63) is 58.6 Å². The van der Waals surface area contributed by atoms with Crippen molar-refractivity contribution in [1.29, 1.82) is 0 Å². The van der Waals surface area contributed by atoms with E-state index < -0.39 is 4.92 Å². The van der Waals surface area contributed by atoms with Gasteiger partial charge in [-0.1, -0.05) is 0 Å². The van der Waals surface area contributed by atoms with Crippen LogP contribution in [0.1, 0.15) is 0 Å². The van der Waals surface area contributed by atoms with Crippen molar-refractivity contribution in [2.24, 2.45) is 0 Å². The molecule has 0 aliphatic rings. The van der Waals surface area contributed by atoms with Gasteiger partial charge in [0, 0.05) is 17.8 Å². The summed E-state index contributed by atoms with van der Waals surface area (Å²) in [5.74, 6) is 0.632. The lowest BCUT2D eigenvalue weighted by atomic mass is 10.3. The van der Waals surface area contributed by atoms with E-state index in [1.165, 1.54) is 24.3 Å². The van der Waals surface area contributed by atoms with E-state index in [2.05, 4.69) is 5.32 Å². The number of nitrogens with one attached hydrogen (secondary N) is 1. The van der Waals surface area contributed by atoms with Gasteiger partial charge in [-0.15, -0.1) is 11.6 Å². The van der Waals surface area contributed by atoms with Gasteiger partial charge in [0.15, 0.2) is 0 Å². The van der Waals surface area contributed by atoms with Gasteiger partial charge in [-0.2, -0.15) is 0 Å². The first-order chi connectivity index (χ1) is 10.1. The Morgan fingerprint density at radius 3 is 2.10 bits per heavy atom. The Labute approximate surface area is 125 Å². The third kappa shape index (κ3) is 4.19. The van der Waals surface area contributed by atoms with E-state index in [1.54, 1.807) is 24.3 Å². The minimum atomic E-state index is -0.474. The molecule has 0 spiro atoms. The molecule has 0 atom stereocenters. The summed E-state index contributed by atoms with van der Waals surface area (Å²) >= 11 is 5.39. The summed E-state index contributed by atoms with van der Waals surface area (Å²) in [4.78, 5) is 21.2. The number of amides is 1. The molecule has 0 bridgehead atoms. The van der Waals surface area contributed by atoms with Crippen LogP contribution in [0.25, 0.3) is 0 Å². The van der Waals surface area contributed by atoms with Gasteiger partial charge in [-0.25, -0.2) is 0 Å². The molecule has 2 aromatic rings. The number of hydrogen-bond acceptors (Lipinski definition) is 4. The van der Waals surface area contributed by atoms with Gasteiger partial charge in [-0.05, 0) is 36.4 Å². The first-order valence-electron chi connectivity index (χ1n) is 5.96. The minimum absolute atomic E-state index is 0.00137. The summed E-state index contributed by atoms with van der Waals surface area (Å²) in [6, 6.07) is 12.4. The molecule has 1 amide bonds. The van der Waals surface area contributed by atoms with Crippen LogP contribution in [0.3, 0.4) is 0 Å². The highest BCUT2D eigenvalue weighted by molar-refractivity contribution is 6.29. The summed E-state index contributed by atoms with van der Waals surface area (Å²) in [5.41, 5.74) is 0.609. The summed E-state index contributed by atoms with van der Waals surface area (Å²) in [6.07, 6.45) is 0. The second-order valence-electron chi connectivity index (χ2n) is 4.06. The van der Waals surface area contributed by atoms with Crippen LogP contribution < -0.4 is 10.1 Å². The Balaban J connectivity index is 2.02. The second-order valence-corrected chi connectivity index (χ2v) is 4.33. The molecule has 0 saturated heterocycles. The molecule has 0 fully saturated rings. The van der Waals surface area contributed by atoms with Crippen molar-refractivity contribution in [2.75, 3.05) is 11.2 Å². The molecule has 0 unspecified atom stereocenters. The number of alkyl halides is 1. The Hall–Kier alpha value is -2.60. The smallest absolute Gasteiger partial charge is 0.269 e. The monoisotopic (exact) mass is 306 g/mol. The average molecular weight is 307 g/mol. The standard InChI is InChI=1S/C14H11ClN2O4/c15-9-14(18)16-10-1-5-12(6-2-10)21-13-7-3-11(4-8-13)17(19)20/h1-8H,9H2,(H,16,18). The number of carbonyl (C=O) groups excluding carboxylic acids is 1. The number of benzene rings is 2. The Morgan fingerprint density at radius 2 is 1.62 bits per heavy atom. The normalized spacial score (nSPS) is 9.95. The second kappa shape index (κ2) is 6.71. The summed E-state index contributed by atoms with van der Waals surface area (Å²) in [7, 11) is 0. The highest BCUT2D eigenvalue weighted by Gasteiger charge is 2.05. The lowest BCUT2D eigenvalue weighted by Gasteiger charge is -2.07. The number of carbonyl (C=O) groups is 1. The molecule has 0 heterocycles. The van der Waals surface area contributed by atoms with E-state index in [0.717, 1.165) is 0 Å². The predicted molar refractivity (Wildman–Crippen MR) is 79.0 cm³/mol. The number of nitrogens with zero attached hydrogens (tertiary/aromatic N) is 1. The van der Waals surface area contributed by atoms with Crippen molar-refractivity contribution in [3.8, 4) is 11.5 Å². The molecular weight excluding hydrogens is 296 g/mol. The lowest BCUT2D eigenvalue weighted by Crippen LogP contribution is -2.12. The molecule has 7 heteroatoms. The van der Waals surface area contributed by atoms with Gasteiger partial charge in [0.1, 0.15) is 17.4 Å². The number of nitro benzene ring substituents is 1. The van der Waals surface area contributed by atoms with E-state index in [9.17, 15) is 14.9 Å². The molecule has 6 nitrogen and oxygen atoms in total. The van der Waals surface area contributed by atoms with Crippen LogP contribution in [0.2, 0.25) is 0 Å². The Bertz CT molecular complexity index is 641. The van der Waals surface area contributed by atoms with Gasteiger partial charge in [0.25, 0.3) is 5.69 Å². The topological polar surface area (TPSA) is 81.5 Å². The molecule has 0 aliphatic heterocycles. The maximum atomic E-state index is 11.1. The van der Waals surface area contributed by atoms with Crippen LogP contribution in [0, 0.1) is 10.1 Å². The SMILES string of the molecule is O=C(CCl)Nc1ccc(Oc2ccc([N+](=O)[O-])cc2)cc1. The highest BCUT2D eigenvalue weighted by atomic mass is 35.5. The van der Waals surface area contributed by atoms with Crippen LogP contribution in [-0.2, 0) is 4.79 Å². The number of halogens is 1. The molecule has 21 heavy (non-hydrogen) atoms. The largest absolute Gasteiger partial charge is 0.457 e. The number of nitro groups is 1. The van der Waals surface area contributed by atoms with E-state index in [4.69, 9.17) is 16.3 Å². The summed E-state index contributed by atoms with van der Waals surface area (Å²) < 4.78 is 5.54. The summed E-state index contributed by atoms with van der Waals surface area (Å²) in [5, 5.41) is 13.1. The maximum Gasteiger partial charge on any atom is 0.269 e. The van der Waals surface area contributed by atoms with Crippen molar-refractivity contribution >= 4 is 28.9 Å². The minimum Gasteiger partial charge on any atom is -0.457 e. The number of non-ortho nitro benzene ring substituents is 1. The Morgan fingerprint density at radius 1 is 1.10 bits per heavy atom.